The molecular weight excluding hydrogens is 226 g/mol. The molecule has 0 aromatic heterocycles. The van der Waals surface area contributed by atoms with Gasteiger partial charge in [-0.05, 0) is 51.7 Å². The highest BCUT2D eigenvalue weighted by Gasteiger charge is 2.17. The summed E-state index contributed by atoms with van der Waals surface area (Å²) in [4.78, 5) is 14.0. The van der Waals surface area contributed by atoms with Crippen LogP contribution in [0.15, 0.2) is 0 Å². The van der Waals surface area contributed by atoms with Crippen molar-refractivity contribution in [2.75, 3.05) is 39.3 Å². The first-order valence-electron chi connectivity index (χ1n) is 7.46. The third kappa shape index (κ3) is 6.36. The second-order valence-corrected chi connectivity index (χ2v) is 5.20. The predicted molar refractivity (Wildman–Crippen MR) is 75.6 cm³/mol. The minimum Gasteiger partial charge on any atom is -0.356 e. The first-order chi connectivity index (χ1) is 8.76. The number of amides is 1. The van der Waals surface area contributed by atoms with Crippen LogP contribution in [0.25, 0.3) is 0 Å². The number of nitrogens with one attached hydrogen (secondary N) is 2. The number of nitrogens with zero attached hydrogens (tertiary/aromatic N) is 1. The molecule has 1 heterocycles. The minimum absolute atomic E-state index is 0.184. The summed E-state index contributed by atoms with van der Waals surface area (Å²) in [6.45, 7) is 10.4. The Morgan fingerprint density at radius 1 is 1.28 bits per heavy atom. The Hall–Kier alpha value is -0.610. The zero-order valence-corrected chi connectivity index (χ0v) is 12.0. The van der Waals surface area contributed by atoms with Crippen LogP contribution in [-0.4, -0.2) is 50.1 Å². The van der Waals surface area contributed by atoms with E-state index in [1.807, 2.05) is 6.92 Å². The van der Waals surface area contributed by atoms with Gasteiger partial charge in [-0.3, -0.25) is 4.79 Å². The predicted octanol–water partition coefficient (Wildman–Crippen LogP) is 1.22. The molecule has 0 aromatic rings. The molecule has 1 aliphatic rings. The summed E-state index contributed by atoms with van der Waals surface area (Å²) in [7, 11) is 0. The van der Waals surface area contributed by atoms with E-state index in [0.717, 1.165) is 45.2 Å². The van der Waals surface area contributed by atoms with Crippen molar-refractivity contribution in [3.8, 4) is 0 Å². The topological polar surface area (TPSA) is 44.4 Å². The summed E-state index contributed by atoms with van der Waals surface area (Å²) in [6, 6.07) is 0. The third-order valence-electron chi connectivity index (χ3n) is 3.54. The van der Waals surface area contributed by atoms with Crippen LogP contribution in [-0.2, 0) is 4.79 Å². The van der Waals surface area contributed by atoms with Crippen molar-refractivity contribution in [3.05, 3.63) is 0 Å². The van der Waals surface area contributed by atoms with Crippen LogP contribution in [0.3, 0.4) is 0 Å². The maximum Gasteiger partial charge on any atom is 0.221 e. The van der Waals surface area contributed by atoms with Crippen molar-refractivity contribution in [2.24, 2.45) is 5.92 Å². The lowest BCUT2D eigenvalue weighted by Crippen LogP contribution is -2.38. The van der Waals surface area contributed by atoms with Crippen LogP contribution >= 0.6 is 0 Å². The number of piperidine rings is 1. The van der Waals surface area contributed by atoms with Crippen LogP contribution in [0, 0.1) is 5.92 Å². The van der Waals surface area contributed by atoms with E-state index in [9.17, 15) is 4.79 Å². The van der Waals surface area contributed by atoms with E-state index in [2.05, 4.69) is 22.5 Å². The van der Waals surface area contributed by atoms with Gasteiger partial charge in [0.1, 0.15) is 0 Å². The summed E-state index contributed by atoms with van der Waals surface area (Å²) >= 11 is 0. The van der Waals surface area contributed by atoms with E-state index < -0.39 is 0 Å². The van der Waals surface area contributed by atoms with Gasteiger partial charge in [-0.25, -0.2) is 0 Å². The highest BCUT2D eigenvalue weighted by atomic mass is 16.1. The van der Waals surface area contributed by atoms with Gasteiger partial charge in [0.25, 0.3) is 0 Å². The quantitative estimate of drug-likeness (QED) is 0.685. The molecule has 0 aromatic carbocycles. The fraction of sp³-hybridized carbons (Fsp3) is 0.929. The number of hydrogen-bond acceptors (Lipinski definition) is 3. The molecule has 0 atom stereocenters. The first-order valence-corrected chi connectivity index (χ1v) is 7.46. The lowest BCUT2D eigenvalue weighted by molar-refractivity contribution is -0.121. The van der Waals surface area contributed by atoms with Gasteiger partial charge in [0, 0.05) is 26.1 Å². The van der Waals surface area contributed by atoms with Crippen LogP contribution in [0.4, 0.5) is 0 Å². The van der Waals surface area contributed by atoms with Crippen molar-refractivity contribution >= 4 is 5.91 Å². The van der Waals surface area contributed by atoms with Gasteiger partial charge in [-0.1, -0.05) is 6.92 Å². The molecule has 0 aliphatic carbocycles. The Kier molecular flexibility index (Phi) is 8.01. The maximum atomic E-state index is 11.5. The SMILES string of the molecule is CCCN(CCC(=O)NCC)CC1CCNCC1. The van der Waals surface area contributed by atoms with Crippen molar-refractivity contribution in [1.29, 1.82) is 0 Å². The van der Waals surface area contributed by atoms with Crippen molar-refractivity contribution in [1.82, 2.24) is 15.5 Å². The van der Waals surface area contributed by atoms with Crippen LogP contribution < -0.4 is 10.6 Å². The van der Waals surface area contributed by atoms with Gasteiger partial charge in [0.05, 0.1) is 0 Å². The Bertz CT molecular complexity index is 227. The molecular formula is C14H29N3O. The van der Waals surface area contributed by atoms with E-state index >= 15 is 0 Å². The summed E-state index contributed by atoms with van der Waals surface area (Å²) in [6.07, 6.45) is 4.36. The largest absolute Gasteiger partial charge is 0.356 e. The molecule has 4 heteroatoms. The van der Waals surface area contributed by atoms with Crippen molar-refractivity contribution in [2.45, 2.75) is 39.5 Å². The summed E-state index contributed by atoms with van der Waals surface area (Å²) in [5, 5.41) is 6.28. The van der Waals surface area contributed by atoms with E-state index in [-0.39, 0.29) is 5.91 Å². The molecule has 1 saturated heterocycles. The standard InChI is InChI=1S/C14H29N3O/c1-3-10-17(11-7-14(18)16-4-2)12-13-5-8-15-9-6-13/h13,15H,3-12H2,1-2H3,(H,16,18). The molecule has 106 valence electrons. The summed E-state index contributed by atoms with van der Waals surface area (Å²) < 4.78 is 0. The Labute approximate surface area is 111 Å². The number of rotatable bonds is 8. The molecule has 0 spiro atoms. The smallest absolute Gasteiger partial charge is 0.221 e. The molecule has 18 heavy (non-hydrogen) atoms. The third-order valence-corrected chi connectivity index (χ3v) is 3.54. The molecule has 1 aliphatic heterocycles. The Morgan fingerprint density at radius 3 is 2.61 bits per heavy atom. The molecule has 0 bridgehead atoms. The van der Waals surface area contributed by atoms with Crippen LogP contribution in [0.2, 0.25) is 0 Å². The first kappa shape index (κ1) is 15.4. The highest BCUT2D eigenvalue weighted by Crippen LogP contribution is 2.13. The molecule has 1 fully saturated rings. The highest BCUT2D eigenvalue weighted by molar-refractivity contribution is 5.75. The lowest BCUT2D eigenvalue weighted by atomic mass is 9.97. The lowest BCUT2D eigenvalue weighted by Gasteiger charge is -2.29. The maximum absolute atomic E-state index is 11.5. The number of carbonyl (C=O) groups excluding carboxylic acids is 1. The second kappa shape index (κ2) is 9.34. The van der Waals surface area contributed by atoms with E-state index in [4.69, 9.17) is 0 Å². The summed E-state index contributed by atoms with van der Waals surface area (Å²) in [5.41, 5.74) is 0. The molecule has 0 saturated carbocycles. The normalized spacial score (nSPS) is 17.1. The molecule has 4 nitrogen and oxygen atoms in total. The molecule has 0 unspecified atom stereocenters. The van der Waals surface area contributed by atoms with E-state index in [0.29, 0.717) is 6.42 Å². The van der Waals surface area contributed by atoms with Gasteiger partial charge in [0.15, 0.2) is 0 Å². The zero-order valence-electron chi connectivity index (χ0n) is 12.0. The van der Waals surface area contributed by atoms with E-state index in [1.165, 1.54) is 19.3 Å². The fourth-order valence-corrected chi connectivity index (χ4v) is 2.59. The van der Waals surface area contributed by atoms with Crippen LogP contribution in [0.5, 0.6) is 0 Å². The Morgan fingerprint density at radius 2 is 2.00 bits per heavy atom. The summed E-state index contributed by atoms with van der Waals surface area (Å²) in [5.74, 6) is 0.996. The monoisotopic (exact) mass is 255 g/mol. The molecule has 0 radical (unpaired) electrons. The molecule has 1 amide bonds. The fourth-order valence-electron chi connectivity index (χ4n) is 2.59. The van der Waals surface area contributed by atoms with Gasteiger partial charge in [-0.2, -0.15) is 0 Å². The average molecular weight is 255 g/mol. The van der Waals surface area contributed by atoms with Crippen molar-refractivity contribution < 1.29 is 4.79 Å². The number of hydrogen-bond donors (Lipinski definition) is 2. The second-order valence-electron chi connectivity index (χ2n) is 5.20. The Balaban J connectivity index is 2.26. The van der Waals surface area contributed by atoms with Gasteiger partial charge < -0.3 is 15.5 Å². The average Bonchev–Trinajstić information content (AvgIpc) is 2.38. The van der Waals surface area contributed by atoms with Gasteiger partial charge >= 0.3 is 0 Å². The molecule has 2 N–H and O–H groups in total. The zero-order chi connectivity index (χ0) is 13.2. The van der Waals surface area contributed by atoms with Crippen molar-refractivity contribution in [3.63, 3.8) is 0 Å². The van der Waals surface area contributed by atoms with Gasteiger partial charge in [0.2, 0.25) is 5.91 Å². The van der Waals surface area contributed by atoms with Crippen LogP contribution in [0.1, 0.15) is 39.5 Å². The molecule has 1 rings (SSSR count). The van der Waals surface area contributed by atoms with Gasteiger partial charge in [-0.15, -0.1) is 0 Å². The van der Waals surface area contributed by atoms with E-state index in [1.54, 1.807) is 0 Å². The number of carbonyl (C=O) groups is 1. The minimum atomic E-state index is 0.184.